The molecule has 170 valence electrons. The molecule has 1 aromatic carbocycles. The van der Waals surface area contributed by atoms with Gasteiger partial charge in [-0.2, -0.15) is 0 Å². The first-order chi connectivity index (χ1) is 15.0. The van der Waals surface area contributed by atoms with E-state index in [1.807, 2.05) is 0 Å². The Morgan fingerprint density at radius 3 is 2.87 bits per heavy atom. The zero-order valence-electron chi connectivity index (χ0n) is 18.0. The number of likely N-dealkylation sites (tertiary alicyclic amines) is 1. The van der Waals surface area contributed by atoms with Gasteiger partial charge in [0, 0.05) is 12.1 Å². The molecule has 8 heteroatoms. The largest absolute Gasteiger partial charge is 0.486 e. The van der Waals surface area contributed by atoms with E-state index >= 15 is 0 Å². The van der Waals surface area contributed by atoms with Gasteiger partial charge in [-0.05, 0) is 57.2 Å². The first kappa shape index (κ1) is 22.2. The van der Waals surface area contributed by atoms with Crippen molar-refractivity contribution in [3.63, 3.8) is 0 Å². The molecule has 0 aromatic heterocycles. The molecule has 1 aliphatic carbocycles. The molecule has 1 spiro atoms. The van der Waals surface area contributed by atoms with E-state index in [2.05, 4.69) is 17.3 Å². The third kappa shape index (κ3) is 4.76. The van der Waals surface area contributed by atoms with E-state index in [-0.39, 0.29) is 48.5 Å². The van der Waals surface area contributed by atoms with Crippen LogP contribution in [-0.2, 0) is 19.1 Å². The SMILES string of the molecule is CN1CCC2(COCC(=O)N2)C1COC1CCC(c2c(F)cccc2OCC=O)CC1. The van der Waals surface area contributed by atoms with Crippen molar-refractivity contribution in [2.75, 3.05) is 40.0 Å². The van der Waals surface area contributed by atoms with Crippen LogP contribution in [0.15, 0.2) is 18.2 Å². The molecule has 2 aliphatic heterocycles. The monoisotopic (exact) mass is 434 g/mol. The lowest BCUT2D eigenvalue weighted by atomic mass is 9.82. The number of carbonyl (C=O) groups excluding carboxylic acids is 2. The van der Waals surface area contributed by atoms with Gasteiger partial charge in [0.25, 0.3) is 0 Å². The number of benzene rings is 1. The van der Waals surface area contributed by atoms with Crippen LogP contribution in [0.2, 0.25) is 0 Å². The maximum atomic E-state index is 14.5. The number of likely N-dealkylation sites (N-methyl/N-ethyl adjacent to an activating group) is 1. The predicted molar refractivity (Wildman–Crippen MR) is 112 cm³/mol. The zero-order valence-corrected chi connectivity index (χ0v) is 18.0. The van der Waals surface area contributed by atoms with Crippen LogP contribution in [0.4, 0.5) is 4.39 Å². The number of amides is 1. The minimum absolute atomic E-state index is 0.0502. The van der Waals surface area contributed by atoms with Crippen molar-refractivity contribution in [2.24, 2.45) is 0 Å². The fourth-order valence-corrected chi connectivity index (χ4v) is 5.31. The number of morpholine rings is 1. The molecule has 1 N–H and O–H groups in total. The average molecular weight is 435 g/mol. The van der Waals surface area contributed by atoms with Gasteiger partial charge in [-0.3, -0.25) is 14.5 Å². The molecular formula is C23H31FN2O5. The van der Waals surface area contributed by atoms with Gasteiger partial charge in [0.15, 0.2) is 6.29 Å². The van der Waals surface area contributed by atoms with Gasteiger partial charge in [0.2, 0.25) is 5.91 Å². The number of hydrogen-bond acceptors (Lipinski definition) is 6. The molecule has 3 fully saturated rings. The summed E-state index contributed by atoms with van der Waals surface area (Å²) in [7, 11) is 2.06. The Kier molecular flexibility index (Phi) is 6.89. The highest BCUT2D eigenvalue weighted by Gasteiger charge is 2.49. The second-order valence-electron chi connectivity index (χ2n) is 8.88. The van der Waals surface area contributed by atoms with Crippen molar-refractivity contribution in [2.45, 2.75) is 55.7 Å². The van der Waals surface area contributed by atoms with Gasteiger partial charge in [-0.1, -0.05) is 6.07 Å². The van der Waals surface area contributed by atoms with Crippen LogP contribution in [0.5, 0.6) is 5.75 Å². The lowest BCUT2D eigenvalue weighted by molar-refractivity contribution is -0.137. The summed E-state index contributed by atoms with van der Waals surface area (Å²) in [6, 6.07) is 4.85. The number of nitrogens with one attached hydrogen (secondary N) is 1. The van der Waals surface area contributed by atoms with E-state index in [1.54, 1.807) is 12.1 Å². The summed E-state index contributed by atoms with van der Waals surface area (Å²) in [6.07, 6.45) is 4.90. The summed E-state index contributed by atoms with van der Waals surface area (Å²) in [5, 5.41) is 3.15. The van der Waals surface area contributed by atoms with Gasteiger partial charge in [0.05, 0.1) is 30.9 Å². The fourth-order valence-electron chi connectivity index (χ4n) is 5.31. The lowest BCUT2D eigenvalue weighted by Gasteiger charge is -2.41. The summed E-state index contributed by atoms with van der Waals surface area (Å²) < 4.78 is 31.8. The van der Waals surface area contributed by atoms with Crippen molar-refractivity contribution >= 4 is 12.2 Å². The van der Waals surface area contributed by atoms with Crippen molar-refractivity contribution in [3.05, 3.63) is 29.6 Å². The third-order valence-corrected chi connectivity index (χ3v) is 6.95. The van der Waals surface area contributed by atoms with Crippen LogP contribution in [0.3, 0.4) is 0 Å². The first-order valence-electron chi connectivity index (χ1n) is 11.1. The molecule has 2 unspecified atom stereocenters. The lowest BCUT2D eigenvalue weighted by Crippen LogP contribution is -2.64. The molecule has 0 bridgehead atoms. The first-order valence-corrected chi connectivity index (χ1v) is 11.1. The van der Waals surface area contributed by atoms with Gasteiger partial charge in [0.1, 0.15) is 24.8 Å². The Labute approximate surface area is 182 Å². The maximum Gasteiger partial charge on any atom is 0.246 e. The standard InChI is InChI=1S/C23H31FN2O5/c1-26-10-9-23(15-29-14-21(28)25-23)20(26)13-31-17-7-5-16(6-8-17)22-18(24)3-2-4-19(22)30-12-11-27/h2-4,11,16-17,20H,5-10,12-15H2,1H3,(H,25,28). The number of hydrogen-bond donors (Lipinski definition) is 1. The van der Waals surface area contributed by atoms with Crippen molar-refractivity contribution in [3.8, 4) is 5.75 Å². The highest BCUT2D eigenvalue weighted by Crippen LogP contribution is 2.40. The second-order valence-corrected chi connectivity index (χ2v) is 8.88. The molecule has 31 heavy (non-hydrogen) atoms. The highest BCUT2D eigenvalue weighted by molar-refractivity contribution is 5.79. The number of carbonyl (C=O) groups is 2. The van der Waals surface area contributed by atoms with Crippen molar-refractivity contribution < 1.29 is 28.2 Å². The molecule has 1 aromatic rings. The average Bonchev–Trinajstić information content (AvgIpc) is 3.05. The van der Waals surface area contributed by atoms with Crippen LogP contribution < -0.4 is 10.1 Å². The Bertz CT molecular complexity index is 794. The van der Waals surface area contributed by atoms with E-state index in [1.165, 1.54) is 6.07 Å². The van der Waals surface area contributed by atoms with Crippen LogP contribution in [-0.4, -0.2) is 74.8 Å². The minimum Gasteiger partial charge on any atom is -0.486 e. The number of rotatable bonds is 7. The molecule has 2 heterocycles. The van der Waals surface area contributed by atoms with Gasteiger partial charge < -0.3 is 19.5 Å². The molecule has 7 nitrogen and oxygen atoms in total. The predicted octanol–water partition coefficient (Wildman–Crippen LogP) is 2.04. The molecular weight excluding hydrogens is 403 g/mol. The summed E-state index contributed by atoms with van der Waals surface area (Å²) in [5.74, 6) is 0.160. The van der Waals surface area contributed by atoms with Crippen LogP contribution in [0, 0.1) is 5.82 Å². The van der Waals surface area contributed by atoms with E-state index in [4.69, 9.17) is 14.2 Å². The second kappa shape index (κ2) is 9.63. The van der Waals surface area contributed by atoms with Gasteiger partial charge in [-0.15, -0.1) is 0 Å². The molecule has 0 radical (unpaired) electrons. The van der Waals surface area contributed by atoms with Crippen LogP contribution >= 0.6 is 0 Å². The maximum absolute atomic E-state index is 14.5. The van der Waals surface area contributed by atoms with E-state index in [0.717, 1.165) is 38.6 Å². The van der Waals surface area contributed by atoms with E-state index in [9.17, 15) is 14.0 Å². The Morgan fingerprint density at radius 2 is 2.13 bits per heavy atom. The van der Waals surface area contributed by atoms with Crippen molar-refractivity contribution in [1.82, 2.24) is 10.2 Å². The number of aldehydes is 1. The number of nitrogens with zero attached hydrogens (tertiary/aromatic N) is 1. The summed E-state index contributed by atoms with van der Waals surface area (Å²) >= 11 is 0. The number of halogens is 1. The normalized spacial score (nSPS) is 31.5. The Morgan fingerprint density at radius 1 is 1.32 bits per heavy atom. The minimum atomic E-state index is -0.376. The number of ether oxygens (including phenoxy) is 3. The molecule has 4 rings (SSSR count). The summed E-state index contributed by atoms with van der Waals surface area (Å²) in [4.78, 5) is 24.8. The Hall–Kier alpha value is -2.03. The van der Waals surface area contributed by atoms with Gasteiger partial charge in [-0.25, -0.2) is 4.39 Å². The topological polar surface area (TPSA) is 77.1 Å². The quantitative estimate of drug-likeness (QED) is 0.662. The summed E-state index contributed by atoms with van der Waals surface area (Å²) in [5.41, 5.74) is 0.193. The molecule has 2 atom stereocenters. The molecule has 1 amide bonds. The Balaban J connectivity index is 1.34. The van der Waals surface area contributed by atoms with Crippen LogP contribution in [0.25, 0.3) is 0 Å². The fraction of sp³-hybridized carbons (Fsp3) is 0.652. The van der Waals surface area contributed by atoms with Gasteiger partial charge >= 0.3 is 0 Å². The molecule has 3 aliphatic rings. The molecule has 1 saturated carbocycles. The summed E-state index contributed by atoms with van der Waals surface area (Å²) in [6.45, 7) is 1.98. The smallest absolute Gasteiger partial charge is 0.246 e. The molecule has 2 saturated heterocycles. The van der Waals surface area contributed by atoms with Crippen LogP contribution in [0.1, 0.15) is 43.6 Å². The van der Waals surface area contributed by atoms with Crippen molar-refractivity contribution in [1.29, 1.82) is 0 Å². The third-order valence-electron chi connectivity index (χ3n) is 6.95. The zero-order chi connectivity index (χ0) is 21.8. The van der Waals surface area contributed by atoms with E-state index < -0.39 is 0 Å². The van der Waals surface area contributed by atoms with E-state index in [0.29, 0.717) is 30.8 Å². The highest BCUT2D eigenvalue weighted by atomic mass is 19.1.